The lowest BCUT2D eigenvalue weighted by Gasteiger charge is -2.06. The minimum atomic E-state index is -0.843. The van der Waals surface area contributed by atoms with Crippen LogP contribution in [0.15, 0.2) is 30.3 Å². The number of halogens is 2. The minimum Gasteiger partial charge on any atom is -0.326 e. The van der Waals surface area contributed by atoms with E-state index in [1.165, 1.54) is 6.07 Å². The summed E-state index contributed by atoms with van der Waals surface area (Å²) >= 11 is 0. The van der Waals surface area contributed by atoms with E-state index < -0.39 is 11.6 Å². The van der Waals surface area contributed by atoms with Gasteiger partial charge in [-0.15, -0.1) is 0 Å². The minimum absolute atomic E-state index is 0.00407. The summed E-state index contributed by atoms with van der Waals surface area (Å²) in [5.74, 6) is -1.68. The zero-order valence-corrected chi connectivity index (χ0v) is 7.43. The van der Waals surface area contributed by atoms with Crippen molar-refractivity contribution in [2.75, 3.05) is 0 Å². The molecule has 0 aliphatic carbocycles. The zero-order chi connectivity index (χ0) is 10.1. The topological polar surface area (TPSA) is 26.0 Å². The summed E-state index contributed by atoms with van der Waals surface area (Å²) in [4.78, 5) is 0. The fourth-order valence-electron chi connectivity index (χ4n) is 1.56. The largest absolute Gasteiger partial charge is 0.326 e. The molecule has 0 heterocycles. The van der Waals surface area contributed by atoms with Gasteiger partial charge in [-0.05, 0) is 16.8 Å². The van der Waals surface area contributed by atoms with Gasteiger partial charge in [0.15, 0.2) is 11.6 Å². The van der Waals surface area contributed by atoms with Gasteiger partial charge in [0, 0.05) is 12.1 Å². The number of hydrogen-bond donors (Lipinski definition) is 1. The van der Waals surface area contributed by atoms with Crippen LogP contribution in [0.1, 0.15) is 5.56 Å². The molecule has 0 saturated carbocycles. The van der Waals surface area contributed by atoms with Gasteiger partial charge in [0.05, 0.1) is 0 Å². The second-order valence-electron chi connectivity index (χ2n) is 3.08. The lowest BCUT2D eigenvalue weighted by Crippen LogP contribution is -2.03. The Morgan fingerprint density at radius 3 is 2.57 bits per heavy atom. The van der Waals surface area contributed by atoms with E-state index in [0.29, 0.717) is 10.8 Å². The van der Waals surface area contributed by atoms with Crippen LogP contribution in [0.25, 0.3) is 10.8 Å². The number of benzene rings is 2. The molecule has 0 spiro atoms. The van der Waals surface area contributed by atoms with Crippen LogP contribution < -0.4 is 5.73 Å². The first-order chi connectivity index (χ1) is 6.74. The summed E-state index contributed by atoms with van der Waals surface area (Å²) in [6.45, 7) is 0.00407. The van der Waals surface area contributed by atoms with E-state index in [2.05, 4.69) is 0 Å². The highest BCUT2D eigenvalue weighted by molar-refractivity contribution is 5.85. The molecule has 0 saturated heterocycles. The highest BCUT2D eigenvalue weighted by Crippen LogP contribution is 2.23. The van der Waals surface area contributed by atoms with Crippen LogP contribution in [0.3, 0.4) is 0 Å². The molecule has 0 aliphatic heterocycles. The predicted molar refractivity (Wildman–Crippen MR) is 51.8 cm³/mol. The lowest BCUT2D eigenvalue weighted by atomic mass is 10.0. The molecule has 0 amide bonds. The third-order valence-corrected chi connectivity index (χ3v) is 2.25. The van der Waals surface area contributed by atoms with Crippen molar-refractivity contribution in [2.24, 2.45) is 5.73 Å². The third kappa shape index (κ3) is 1.26. The van der Waals surface area contributed by atoms with Crippen molar-refractivity contribution in [3.05, 3.63) is 47.5 Å². The maximum Gasteiger partial charge on any atom is 0.163 e. The van der Waals surface area contributed by atoms with Crippen LogP contribution in [0, 0.1) is 11.6 Å². The summed E-state index contributed by atoms with van der Waals surface area (Å²) in [7, 11) is 0. The molecule has 0 radical (unpaired) electrons. The molecule has 0 fully saturated rings. The predicted octanol–water partition coefficient (Wildman–Crippen LogP) is 2.58. The molecule has 0 bridgehead atoms. The summed E-state index contributed by atoms with van der Waals surface area (Å²) in [5.41, 5.74) is 5.62. The van der Waals surface area contributed by atoms with Crippen molar-refractivity contribution >= 4 is 10.8 Å². The lowest BCUT2D eigenvalue weighted by molar-refractivity contribution is 0.502. The monoisotopic (exact) mass is 193 g/mol. The van der Waals surface area contributed by atoms with E-state index >= 15 is 0 Å². The van der Waals surface area contributed by atoms with Crippen LogP contribution in [0.5, 0.6) is 0 Å². The first kappa shape index (κ1) is 9.09. The average molecular weight is 193 g/mol. The summed E-state index contributed by atoms with van der Waals surface area (Å²) in [6, 6.07) is 8.21. The molecule has 0 aromatic heterocycles. The van der Waals surface area contributed by atoms with Crippen LogP contribution in [-0.2, 0) is 6.54 Å². The molecule has 2 rings (SSSR count). The van der Waals surface area contributed by atoms with Crippen molar-refractivity contribution in [3.63, 3.8) is 0 Å². The summed E-state index contributed by atoms with van der Waals surface area (Å²) in [5, 5.41) is 1.35. The van der Waals surface area contributed by atoms with E-state index in [-0.39, 0.29) is 12.1 Å². The fraction of sp³-hybridized carbons (Fsp3) is 0.0909. The van der Waals surface area contributed by atoms with Gasteiger partial charge in [0.25, 0.3) is 0 Å². The second kappa shape index (κ2) is 3.35. The Hall–Kier alpha value is -1.48. The molecule has 0 atom stereocenters. The molecule has 14 heavy (non-hydrogen) atoms. The molecule has 2 aromatic rings. The molecular formula is C11H9F2N. The number of nitrogens with two attached hydrogens (primary N) is 1. The van der Waals surface area contributed by atoms with Crippen molar-refractivity contribution in [3.8, 4) is 0 Å². The van der Waals surface area contributed by atoms with Crippen LogP contribution in [-0.4, -0.2) is 0 Å². The van der Waals surface area contributed by atoms with Gasteiger partial charge in [0.2, 0.25) is 0 Å². The van der Waals surface area contributed by atoms with E-state index in [4.69, 9.17) is 5.73 Å². The highest BCUT2D eigenvalue weighted by atomic mass is 19.2. The smallest absolute Gasteiger partial charge is 0.163 e. The standard InChI is InChI=1S/C11H9F2N/c12-10-5-7-3-1-2-4-8(7)9(6-14)11(10)13/h1-5H,6,14H2. The van der Waals surface area contributed by atoms with Gasteiger partial charge in [0.1, 0.15) is 0 Å². The summed E-state index contributed by atoms with van der Waals surface area (Å²) in [6.07, 6.45) is 0. The Bertz CT molecular complexity index is 480. The third-order valence-electron chi connectivity index (χ3n) is 2.25. The maximum absolute atomic E-state index is 13.3. The first-order valence-electron chi connectivity index (χ1n) is 4.29. The second-order valence-corrected chi connectivity index (χ2v) is 3.08. The molecule has 2 aromatic carbocycles. The Balaban J connectivity index is 2.89. The van der Waals surface area contributed by atoms with Gasteiger partial charge in [-0.2, -0.15) is 0 Å². The van der Waals surface area contributed by atoms with Gasteiger partial charge >= 0.3 is 0 Å². The van der Waals surface area contributed by atoms with Gasteiger partial charge < -0.3 is 5.73 Å². The zero-order valence-electron chi connectivity index (χ0n) is 7.43. The molecule has 72 valence electrons. The number of fused-ring (bicyclic) bond motifs is 1. The van der Waals surface area contributed by atoms with E-state index in [1.54, 1.807) is 24.3 Å². The Morgan fingerprint density at radius 1 is 1.14 bits per heavy atom. The molecule has 2 N–H and O–H groups in total. The van der Waals surface area contributed by atoms with Crippen molar-refractivity contribution < 1.29 is 8.78 Å². The Kier molecular flexibility index (Phi) is 2.17. The van der Waals surface area contributed by atoms with E-state index in [0.717, 1.165) is 0 Å². The quantitative estimate of drug-likeness (QED) is 0.740. The van der Waals surface area contributed by atoms with Crippen molar-refractivity contribution in [1.82, 2.24) is 0 Å². The average Bonchev–Trinajstić information content (AvgIpc) is 2.20. The fourth-order valence-corrected chi connectivity index (χ4v) is 1.56. The van der Waals surface area contributed by atoms with Gasteiger partial charge in [-0.25, -0.2) is 8.78 Å². The van der Waals surface area contributed by atoms with Crippen LogP contribution in [0.2, 0.25) is 0 Å². The first-order valence-corrected chi connectivity index (χ1v) is 4.29. The highest BCUT2D eigenvalue weighted by Gasteiger charge is 2.11. The molecule has 1 nitrogen and oxygen atoms in total. The van der Waals surface area contributed by atoms with Gasteiger partial charge in [-0.1, -0.05) is 24.3 Å². The molecule has 3 heteroatoms. The SMILES string of the molecule is NCc1c(F)c(F)cc2ccccc12. The Labute approximate surface area is 80.1 Å². The number of rotatable bonds is 1. The van der Waals surface area contributed by atoms with E-state index in [9.17, 15) is 8.78 Å². The van der Waals surface area contributed by atoms with Crippen LogP contribution in [0.4, 0.5) is 8.78 Å². The molecule has 0 unspecified atom stereocenters. The van der Waals surface area contributed by atoms with E-state index in [1.807, 2.05) is 0 Å². The normalized spacial score (nSPS) is 10.8. The van der Waals surface area contributed by atoms with Gasteiger partial charge in [-0.3, -0.25) is 0 Å². The maximum atomic E-state index is 13.3. The Morgan fingerprint density at radius 2 is 1.86 bits per heavy atom. The molecule has 0 aliphatic rings. The summed E-state index contributed by atoms with van der Waals surface area (Å²) < 4.78 is 26.3. The van der Waals surface area contributed by atoms with Crippen molar-refractivity contribution in [1.29, 1.82) is 0 Å². The number of hydrogen-bond acceptors (Lipinski definition) is 1. The van der Waals surface area contributed by atoms with Crippen LogP contribution >= 0.6 is 0 Å². The van der Waals surface area contributed by atoms with Crippen molar-refractivity contribution in [2.45, 2.75) is 6.54 Å². The molecular weight excluding hydrogens is 184 g/mol.